The van der Waals surface area contributed by atoms with Gasteiger partial charge in [0.15, 0.2) is 0 Å². The zero-order chi connectivity index (χ0) is 18.1. The van der Waals surface area contributed by atoms with Gasteiger partial charge in [-0.3, -0.25) is 9.78 Å². The summed E-state index contributed by atoms with van der Waals surface area (Å²) in [4.78, 5) is 21.2. The van der Waals surface area contributed by atoms with Crippen LogP contribution in [0.25, 0.3) is 0 Å². The fourth-order valence-corrected chi connectivity index (χ4v) is 2.97. The van der Waals surface area contributed by atoms with Crippen LogP contribution < -0.4 is 10.6 Å². The van der Waals surface area contributed by atoms with Crippen molar-refractivity contribution < 1.29 is 9.18 Å². The number of aromatic nitrogens is 4. The third-order valence-electron chi connectivity index (χ3n) is 4.14. The minimum absolute atomic E-state index is 0.293. The molecule has 1 amide bonds. The number of amides is 1. The van der Waals surface area contributed by atoms with Crippen molar-refractivity contribution in [3.8, 4) is 0 Å². The number of pyridine rings is 1. The van der Waals surface area contributed by atoms with Crippen LogP contribution in [0, 0.1) is 5.82 Å². The number of hydrogen-bond acceptors (Lipinski definition) is 5. The number of allylic oxidation sites excluding steroid dienone is 1. The highest BCUT2D eigenvalue weighted by molar-refractivity contribution is 6.05. The van der Waals surface area contributed by atoms with Gasteiger partial charge in [0.1, 0.15) is 18.2 Å². The first-order valence-electron chi connectivity index (χ1n) is 7.97. The number of halogens is 1. The quantitative estimate of drug-likeness (QED) is 0.759. The SMILES string of the molecule is CC1=C(C(=O)Nc2cccnc2)[C@@H](c2ccc(F)cc2)n2ncnc2N1. The third kappa shape index (κ3) is 2.81. The Bertz CT molecular complexity index is 980. The van der Waals surface area contributed by atoms with Crippen molar-refractivity contribution in [1.82, 2.24) is 19.7 Å². The second-order valence-electron chi connectivity index (χ2n) is 5.84. The molecule has 7 nitrogen and oxygen atoms in total. The number of hydrogen-bond donors (Lipinski definition) is 2. The summed E-state index contributed by atoms with van der Waals surface area (Å²) in [7, 11) is 0. The monoisotopic (exact) mass is 350 g/mol. The molecule has 0 bridgehead atoms. The number of rotatable bonds is 3. The minimum Gasteiger partial charge on any atom is -0.328 e. The summed E-state index contributed by atoms with van der Waals surface area (Å²) < 4.78 is 15.0. The summed E-state index contributed by atoms with van der Waals surface area (Å²) in [5.74, 6) is -0.114. The van der Waals surface area contributed by atoms with E-state index in [0.717, 1.165) is 5.56 Å². The van der Waals surface area contributed by atoms with Gasteiger partial charge >= 0.3 is 0 Å². The van der Waals surface area contributed by atoms with Gasteiger partial charge in [0.2, 0.25) is 5.95 Å². The number of benzene rings is 1. The molecule has 0 saturated carbocycles. The molecule has 130 valence electrons. The molecule has 3 aromatic rings. The van der Waals surface area contributed by atoms with E-state index >= 15 is 0 Å². The third-order valence-corrected chi connectivity index (χ3v) is 4.14. The maximum atomic E-state index is 13.4. The predicted molar refractivity (Wildman–Crippen MR) is 93.8 cm³/mol. The van der Waals surface area contributed by atoms with E-state index in [-0.39, 0.29) is 11.7 Å². The molecule has 0 spiro atoms. The summed E-state index contributed by atoms with van der Waals surface area (Å²) >= 11 is 0. The lowest BCUT2D eigenvalue weighted by Crippen LogP contribution is -2.31. The van der Waals surface area contributed by atoms with Gasteiger partial charge in [0.05, 0.1) is 17.5 Å². The van der Waals surface area contributed by atoms with E-state index in [0.29, 0.717) is 22.9 Å². The fraction of sp³-hybridized carbons (Fsp3) is 0.111. The van der Waals surface area contributed by atoms with Crippen molar-refractivity contribution in [2.75, 3.05) is 10.6 Å². The summed E-state index contributed by atoms with van der Waals surface area (Å²) in [5.41, 5.74) is 2.44. The van der Waals surface area contributed by atoms with Crippen LogP contribution in [0.4, 0.5) is 16.0 Å². The molecular weight excluding hydrogens is 335 g/mol. The van der Waals surface area contributed by atoms with Gasteiger partial charge in [-0.15, -0.1) is 0 Å². The lowest BCUT2D eigenvalue weighted by atomic mass is 9.95. The Balaban J connectivity index is 1.77. The first kappa shape index (κ1) is 15.9. The summed E-state index contributed by atoms with van der Waals surface area (Å²) in [6, 6.07) is 8.97. The van der Waals surface area contributed by atoms with E-state index in [2.05, 4.69) is 25.7 Å². The van der Waals surface area contributed by atoms with Crippen molar-refractivity contribution in [2.24, 2.45) is 0 Å². The molecule has 26 heavy (non-hydrogen) atoms. The van der Waals surface area contributed by atoms with Gasteiger partial charge in [-0.05, 0) is 36.8 Å². The number of fused-ring (bicyclic) bond motifs is 1. The van der Waals surface area contributed by atoms with Gasteiger partial charge in [-0.1, -0.05) is 12.1 Å². The molecule has 1 atom stereocenters. The summed E-state index contributed by atoms with van der Waals surface area (Å²) in [5, 5.41) is 10.2. The van der Waals surface area contributed by atoms with Crippen molar-refractivity contribution >= 4 is 17.5 Å². The number of nitrogens with one attached hydrogen (secondary N) is 2. The smallest absolute Gasteiger partial charge is 0.255 e. The zero-order valence-corrected chi connectivity index (χ0v) is 13.8. The predicted octanol–water partition coefficient (Wildman–Crippen LogP) is 2.74. The van der Waals surface area contributed by atoms with Crippen LogP contribution in [-0.2, 0) is 4.79 Å². The van der Waals surface area contributed by atoms with Crippen molar-refractivity contribution in [1.29, 1.82) is 0 Å². The van der Waals surface area contributed by atoms with Crippen LogP contribution in [0.1, 0.15) is 18.5 Å². The Hall–Kier alpha value is -3.55. The molecule has 1 aliphatic rings. The highest BCUT2D eigenvalue weighted by Gasteiger charge is 2.33. The zero-order valence-electron chi connectivity index (χ0n) is 13.8. The van der Waals surface area contributed by atoms with E-state index in [1.165, 1.54) is 18.5 Å². The molecule has 1 aliphatic heterocycles. The van der Waals surface area contributed by atoms with E-state index in [1.54, 1.807) is 48.3 Å². The van der Waals surface area contributed by atoms with E-state index in [9.17, 15) is 9.18 Å². The fourth-order valence-electron chi connectivity index (χ4n) is 2.97. The second-order valence-corrected chi connectivity index (χ2v) is 5.84. The molecule has 0 radical (unpaired) electrons. The number of anilines is 2. The molecule has 1 aromatic carbocycles. The Kier molecular flexibility index (Phi) is 3.92. The maximum Gasteiger partial charge on any atom is 0.255 e. The average Bonchev–Trinajstić information content (AvgIpc) is 3.10. The lowest BCUT2D eigenvalue weighted by Gasteiger charge is -2.28. The number of nitrogens with zero attached hydrogens (tertiary/aromatic N) is 4. The highest BCUT2D eigenvalue weighted by Crippen LogP contribution is 2.35. The van der Waals surface area contributed by atoms with Crippen LogP contribution in [0.15, 0.2) is 66.4 Å². The topological polar surface area (TPSA) is 84.7 Å². The lowest BCUT2D eigenvalue weighted by molar-refractivity contribution is -0.113. The number of carbonyl (C=O) groups excluding carboxylic acids is 1. The van der Waals surface area contributed by atoms with Crippen molar-refractivity contribution in [2.45, 2.75) is 13.0 Å². The Morgan fingerprint density at radius 1 is 1.27 bits per heavy atom. The molecular formula is C18H15FN6O. The summed E-state index contributed by atoms with van der Waals surface area (Å²) in [6.07, 6.45) is 4.61. The number of carbonyl (C=O) groups is 1. The largest absolute Gasteiger partial charge is 0.328 e. The normalized spacial score (nSPS) is 16.0. The molecule has 0 aliphatic carbocycles. The average molecular weight is 350 g/mol. The molecule has 2 N–H and O–H groups in total. The van der Waals surface area contributed by atoms with Gasteiger partial charge in [-0.25, -0.2) is 9.07 Å². The molecule has 2 aromatic heterocycles. The van der Waals surface area contributed by atoms with Crippen LogP contribution in [0.3, 0.4) is 0 Å². The van der Waals surface area contributed by atoms with Crippen molar-refractivity contribution in [3.05, 3.63) is 77.8 Å². The van der Waals surface area contributed by atoms with Crippen LogP contribution in [-0.4, -0.2) is 25.7 Å². The Labute approximate surface area is 148 Å². The van der Waals surface area contributed by atoms with Gasteiger partial charge in [0.25, 0.3) is 5.91 Å². The minimum atomic E-state index is -0.522. The second kappa shape index (κ2) is 6.40. The summed E-state index contributed by atoms with van der Waals surface area (Å²) in [6.45, 7) is 1.80. The van der Waals surface area contributed by atoms with Gasteiger partial charge in [-0.2, -0.15) is 10.1 Å². The molecule has 0 fully saturated rings. The molecule has 8 heteroatoms. The Morgan fingerprint density at radius 2 is 2.08 bits per heavy atom. The van der Waals surface area contributed by atoms with E-state index in [4.69, 9.17) is 0 Å². The van der Waals surface area contributed by atoms with Crippen LogP contribution >= 0.6 is 0 Å². The highest BCUT2D eigenvalue weighted by atomic mass is 19.1. The van der Waals surface area contributed by atoms with Crippen LogP contribution in [0.5, 0.6) is 0 Å². The van der Waals surface area contributed by atoms with E-state index in [1.807, 2.05) is 0 Å². The van der Waals surface area contributed by atoms with Crippen molar-refractivity contribution in [3.63, 3.8) is 0 Å². The Morgan fingerprint density at radius 3 is 2.81 bits per heavy atom. The van der Waals surface area contributed by atoms with E-state index < -0.39 is 6.04 Å². The van der Waals surface area contributed by atoms with Gasteiger partial charge in [0, 0.05) is 11.9 Å². The van der Waals surface area contributed by atoms with Gasteiger partial charge < -0.3 is 10.6 Å². The first-order chi connectivity index (χ1) is 12.6. The molecule has 0 unspecified atom stereocenters. The standard InChI is InChI=1S/C18H15FN6O/c1-11-15(17(26)24-14-3-2-8-20-9-14)16(12-4-6-13(19)7-5-12)25-18(23-11)21-10-22-25/h2-10,16H,1H3,(H,24,26)(H,21,22,23)/t16-/m1/s1. The maximum absolute atomic E-state index is 13.4. The molecule has 4 rings (SSSR count). The first-order valence-corrected chi connectivity index (χ1v) is 7.97. The molecule has 3 heterocycles. The van der Waals surface area contributed by atoms with Crippen LogP contribution in [0.2, 0.25) is 0 Å². The molecule has 0 saturated heterocycles.